The van der Waals surface area contributed by atoms with Crippen LogP contribution < -0.4 is 0 Å². The van der Waals surface area contributed by atoms with E-state index in [2.05, 4.69) is 42.2 Å². The van der Waals surface area contributed by atoms with Crippen LogP contribution in [0.4, 0.5) is 0 Å². The fourth-order valence-corrected chi connectivity index (χ4v) is 6.26. The van der Waals surface area contributed by atoms with Gasteiger partial charge in [-0.2, -0.15) is 0 Å². The molecule has 1 aliphatic carbocycles. The number of nitrogens with zero attached hydrogens (tertiary/aromatic N) is 3. The van der Waals surface area contributed by atoms with Crippen molar-refractivity contribution in [2.24, 2.45) is 11.8 Å². The number of hydrogen-bond donors (Lipinski definition) is 0. The van der Waals surface area contributed by atoms with Gasteiger partial charge in [0.25, 0.3) is 0 Å². The fraction of sp³-hybridized carbons (Fsp3) is 0.483. The van der Waals surface area contributed by atoms with Crippen LogP contribution in [0.2, 0.25) is 5.02 Å². The molecule has 0 saturated carbocycles. The van der Waals surface area contributed by atoms with E-state index in [9.17, 15) is 9.59 Å². The van der Waals surface area contributed by atoms with E-state index in [1.807, 2.05) is 17.2 Å². The molecular weight excluding hydrogens is 458 g/mol. The van der Waals surface area contributed by atoms with Crippen molar-refractivity contribution in [3.8, 4) is 0 Å². The summed E-state index contributed by atoms with van der Waals surface area (Å²) in [6.07, 6.45) is 10.7. The van der Waals surface area contributed by atoms with Crippen molar-refractivity contribution < 1.29 is 9.59 Å². The van der Waals surface area contributed by atoms with Crippen LogP contribution in [0.1, 0.15) is 72.9 Å². The Morgan fingerprint density at radius 1 is 0.971 bits per heavy atom. The molecule has 2 aromatic rings. The highest BCUT2D eigenvalue weighted by Gasteiger charge is 2.34. The standard InChI is InChI=1S/C29H34ClN3O2/c1-19-15-24-4-3-23-17-25(30)5-6-26(23)28(29(24)31-18-19)22-9-13-33(14-10-22)27(35)16-21-7-11-32(12-8-21)20(2)34/h3-6,15,17-18,21-22,28H,7-14,16H2,1-2H3. The molecule has 2 saturated heterocycles. The summed E-state index contributed by atoms with van der Waals surface area (Å²) >= 11 is 6.34. The van der Waals surface area contributed by atoms with E-state index < -0.39 is 0 Å². The van der Waals surface area contributed by atoms with Crippen LogP contribution >= 0.6 is 11.6 Å². The van der Waals surface area contributed by atoms with Crippen molar-refractivity contribution in [2.45, 2.75) is 51.9 Å². The van der Waals surface area contributed by atoms with Crippen molar-refractivity contribution >= 4 is 35.6 Å². The lowest BCUT2D eigenvalue weighted by atomic mass is 9.76. The maximum Gasteiger partial charge on any atom is 0.222 e. The summed E-state index contributed by atoms with van der Waals surface area (Å²) in [7, 11) is 0. The van der Waals surface area contributed by atoms with Crippen molar-refractivity contribution in [3.05, 3.63) is 63.4 Å². The van der Waals surface area contributed by atoms with Crippen LogP contribution in [0, 0.1) is 18.8 Å². The van der Waals surface area contributed by atoms with E-state index in [1.54, 1.807) is 6.92 Å². The topological polar surface area (TPSA) is 53.5 Å². The maximum absolute atomic E-state index is 13.1. The Kier molecular flexibility index (Phi) is 6.97. The Morgan fingerprint density at radius 3 is 2.37 bits per heavy atom. The summed E-state index contributed by atoms with van der Waals surface area (Å²) in [5.41, 5.74) is 5.91. The number of hydrogen-bond acceptors (Lipinski definition) is 3. The molecule has 5 rings (SSSR count). The van der Waals surface area contributed by atoms with Gasteiger partial charge in [0.05, 0.1) is 5.69 Å². The monoisotopic (exact) mass is 491 g/mol. The van der Waals surface area contributed by atoms with Crippen LogP contribution in [-0.2, 0) is 9.59 Å². The zero-order valence-electron chi connectivity index (χ0n) is 20.7. The molecule has 2 fully saturated rings. The first-order valence-corrected chi connectivity index (χ1v) is 13.2. The highest BCUT2D eigenvalue weighted by molar-refractivity contribution is 6.30. The SMILES string of the molecule is CC(=O)N1CCC(CC(=O)N2CCC(C3c4ccc(Cl)cc4C=Cc4cc(C)cnc43)CC2)CC1. The first-order valence-electron chi connectivity index (χ1n) is 12.9. The molecule has 184 valence electrons. The zero-order chi connectivity index (χ0) is 24.5. The lowest BCUT2D eigenvalue weighted by Crippen LogP contribution is -2.42. The van der Waals surface area contributed by atoms with Gasteiger partial charge in [0, 0.05) is 56.7 Å². The molecule has 0 N–H and O–H groups in total. The highest BCUT2D eigenvalue weighted by Crippen LogP contribution is 2.43. The molecule has 1 aromatic heterocycles. The summed E-state index contributed by atoms with van der Waals surface area (Å²) in [5.74, 6) is 1.42. The molecule has 1 atom stereocenters. The molecule has 1 aromatic carbocycles. The van der Waals surface area contributed by atoms with Crippen LogP contribution in [-0.4, -0.2) is 52.8 Å². The van der Waals surface area contributed by atoms with Crippen molar-refractivity contribution in [2.75, 3.05) is 26.2 Å². The van der Waals surface area contributed by atoms with Gasteiger partial charge < -0.3 is 9.80 Å². The Balaban J connectivity index is 1.28. The van der Waals surface area contributed by atoms with Crippen molar-refractivity contribution in [3.63, 3.8) is 0 Å². The zero-order valence-corrected chi connectivity index (χ0v) is 21.4. The normalized spacial score (nSPS) is 20.8. The fourth-order valence-electron chi connectivity index (χ4n) is 6.08. The summed E-state index contributed by atoms with van der Waals surface area (Å²) in [5, 5.41) is 0.747. The largest absolute Gasteiger partial charge is 0.343 e. The number of pyridine rings is 1. The predicted octanol–water partition coefficient (Wildman–Crippen LogP) is 5.55. The van der Waals surface area contributed by atoms with Crippen LogP contribution in [0.5, 0.6) is 0 Å². The minimum absolute atomic E-state index is 0.139. The molecule has 2 amide bonds. The second kappa shape index (κ2) is 10.1. The van der Waals surface area contributed by atoms with E-state index >= 15 is 0 Å². The third-order valence-electron chi connectivity index (χ3n) is 8.09. The van der Waals surface area contributed by atoms with Crippen LogP contribution in [0.15, 0.2) is 30.5 Å². The molecule has 6 heteroatoms. The number of amides is 2. The van der Waals surface area contributed by atoms with Crippen molar-refractivity contribution in [1.82, 2.24) is 14.8 Å². The van der Waals surface area contributed by atoms with Gasteiger partial charge in [0.1, 0.15) is 0 Å². The molecule has 0 spiro atoms. The molecular formula is C29H34ClN3O2. The van der Waals surface area contributed by atoms with Gasteiger partial charge in [-0.05, 0) is 84.9 Å². The lowest BCUT2D eigenvalue weighted by molar-refractivity contribution is -0.134. The van der Waals surface area contributed by atoms with Gasteiger partial charge in [-0.3, -0.25) is 14.6 Å². The number of aryl methyl sites for hydroxylation is 1. The summed E-state index contributed by atoms with van der Waals surface area (Å²) in [4.78, 5) is 33.6. The predicted molar refractivity (Wildman–Crippen MR) is 140 cm³/mol. The van der Waals surface area contributed by atoms with E-state index in [1.165, 1.54) is 11.1 Å². The molecule has 0 radical (unpaired) electrons. The van der Waals surface area contributed by atoms with Crippen LogP contribution in [0.25, 0.3) is 12.2 Å². The lowest BCUT2D eigenvalue weighted by Gasteiger charge is -2.38. The Bertz CT molecular complexity index is 1090. The summed E-state index contributed by atoms with van der Waals surface area (Å²) < 4.78 is 0. The Hall–Kier alpha value is -2.66. The summed E-state index contributed by atoms with van der Waals surface area (Å²) in [6.45, 7) is 6.86. The highest BCUT2D eigenvalue weighted by atomic mass is 35.5. The number of carbonyl (C=O) groups is 2. The Morgan fingerprint density at radius 2 is 1.66 bits per heavy atom. The molecule has 3 heterocycles. The first-order chi connectivity index (χ1) is 16.9. The number of aromatic nitrogens is 1. The number of halogens is 1. The quantitative estimate of drug-likeness (QED) is 0.566. The first kappa shape index (κ1) is 24.1. The van der Waals surface area contributed by atoms with E-state index in [4.69, 9.17) is 16.6 Å². The van der Waals surface area contributed by atoms with Crippen molar-refractivity contribution in [1.29, 1.82) is 0 Å². The van der Waals surface area contributed by atoms with Gasteiger partial charge in [-0.25, -0.2) is 0 Å². The molecule has 5 nitrogen and oxygen atoms in total. The van der Waals surface area contributed by atoms with Gasteiger partial charge in [-0.15, -0.1) is 0 Å². The number of benzene rings is 1. The van der Waals surface area contributed by atoms with E-state index in [0.717, 1.165) is 73.7 Å². The van der Waals surface area contributed by atoms with Gasteiger partial charge in [-0.1, -0.05) is 29.8 Å². The second-order valence-corrected chi connectivity index (χ2v) is 10.9. The second-order valence-electron chi connectivity index (χ2n) is 10.4. The minimum Gasteiger partial charge on any atom is -0.343 e. The average molecular weight is 492 g/mol. The molecule has 2 aliphatic heterocycles. The maximum atomic E-state index is 13.1. The number of likely N-dealkylation sites (tertiary alicyclic amines) is 2. The van der Waals surface area contributed by atoms with Gasteiger partial charge >= 0.3 is 0 Å². The van der Waals surface area contributed by atoms with E-state index in [-0.39, 0.29) is 17.7 Å². The molecule has 0 bridgehead atoms. The van der Waals surface area contributed by atoms with Crippen LogP contribution in [0.3, 0.4) is 0 Å². The number of piperidine rings is 2. The van der Waals surface area contributed by atoms with E-state index in [0.29, 0.717) is 18.3 Å². The Labute approximate surface area is 213 Å². The number of fused-ring (bicyclic) bond motifs is 2. The average Bonchev–Trinajstić information content (AvgIpc) is 3.00. The summed E-state index contributed by atoms with van der Waals surface area (Å²) in [6, 6.07) is 8.41. The molecule has 35 heavy (non-hydrogen) atoms. The number of carbonyl (C=O) groups excluding carboxylic acids is 2. The molecule has 3 aliphatic rings. The molecule has 1 unspecified atom stereocenters. The minimum atomic E-state index is 0.139. The number of rotatable bonds is 3. The van der Waals surface area contributed by atoms with Gasteiger partial charge in [0.15, 0.2) is 0 Å². The smallest absolute Gasteiger partial charge is 0.222 e. The van der Waals surface area contributed by atoms with Gasteiger partial charge in [0.2, 0.25) is 11.8 Å². The third kappa shape index (κ3) is 5.16. The third-order valence-corrected chi connectivity index (χ3v) is 8.33.